The van der Waals surface area contributed by atoms with Crippen LogP contribution in [0, 0.1) is 5.82 Å². The molecular formula is C16H16ClFN4OS. The third-order valence-corrected chi connectivity index (χ3v) is 5.08. The number of ketones is 1. The Morgan fingerprint density at radius 2 is 2.04 bits per heavy atom. The number of nitrogens with zero attached hydrogens (tertiary/aromatic N) is 2. The monoisotopic (exact) mass is 366 g/mol. The van der Waals surface area contributed by atoms with Crippen LogP contribution in [0.4, 0.5) is 16.2 Å². The van der Waals surface area contributed by atoms with Gasteiger partial charge in [0.25, 0.3) is 0 Å². The number of benzene rings is 1. The lowest BCUT2D eigenvalue weighted by atomic mass is 9.94. The number of rotatable bonds is 4. The van der Waals surface area contributed by atoms with E-state index in [1.54, 1.807) is 18.3 Å². The van der Waals surface area contributed by atoms with Crippen molar-refractivity contribution in [2.24, 2.45) is 0 Å². The number of carbonyl (C=O) groups is 1. The fourth-order valence-electron chi connectivity index (χ4n) is 2.52. The quantitative estimate of drug-likeness (QED) is 0.853. The zero-order chi connectivity index (χ0) is 17.1. The highest BCUT2D eigenvalue weighted by Crippen LogP contribution is 2.35. The summed E-state index contributed by atoms with van der Waals surface area (Å²) >= 11 is 6.99. The molecule has 1 aliphatic rings. The van der Waals surface area contributed by atoms with Crippen LogP contribution in [-0.4, -0.2) is 21.8 Å². The van der Waals surface area contributed by atoms with Gasteiger partial charge in [-0.1, -0.05) is 23.4 Å². The zero-order valence-corrected chi connectivity index (χ0v) is 14.3. The van der Waals surface area contributed by atoms with Gasteiger partial charge in [-0.05, 0) is 31.0 Å². The number of hydrogen-bond acceptors (Lipinski definition) is 6. The van der Waals surface area contributed by atoms with Gasteiger partial charge in [0.1, 0.15) is 17.4 Å². The first-order valence-corrected chi connectivity index (χ1v) is 8.74. The van der Waals surface area contributed by atoms with Crippen molar-refractivity contribution in [2.75, 3.05) is 11.1 Å². The highest BCUT2D eigenvalue weighted by molar-refractivity contribution is 7.99. The fourth-order valence-corrected chi connectivity index (χ4v) is 3.51. The van der Waals surface area contributed by atoms with Crippen LogP contribution in [0.1, 0.15) is 25.7 Å². The Labute approximate surface area is 148 Å². The molecule has 0 saturated heterocycles. The number of nitrogens with two attached hydrogens (primary N) is 1. The molecule has 3 rings (SSSR count). The van der Waals surface area contributed by atoms with Gasteiger partial charge in [0.15, 0.2) is 0 Å². The molecule has 1 aliphatic carbocycles. The van der Waals surface area contributed by atoms with Crippen LogP contribution in [-0.2, 0) is 4.79 Å². The Morgan fingerprint density at radius 3 is 2.75 bits per heavy atom. The third-order valence-electron chi connectivity index (χ3n) is 3.77. The highest BCUT2D eigenvalue weighted by Gasteiger charge is 2.20. The number of halogens is 2. The molecule has 2 aromatic rings. The first-order valence-electron chi connectivity index (χ1n) is 7.55. The first-order chi connectivity index (χ1) is 11.5. The van der Waals surface area contributed by atoms with E-state index in [1.165, 1.54) is 17.8 Å². The van der Waals surface area contributed by atoms with Gasteiger partial charge in [0.2, 0.25) is 5.95 Å². The average Bonchev–Trinajstić information content (AvgIpc) is 2.54. The zero-order valence-electron chi connectivity index (χ0n) is 12.8. The van der Waals surface area contributed by atoms with Gasteiger partial charge in [-0.15, -0.1) is 0 Å². The Kier molecular flexibility index (Phi) is 5.20. The number of carbonyl (C=O) groups excluding carboxylic acids is 1. The van der Waals surface area contributed by atoms with E-state index < -0.39 is 5.82 Å². The molecule has 1 aromatic heterocycles. The molecule has 1 fully saturated rings. The van der Waals surface area contributed by atoms with E-state index in [2.05, 4.69) is 15.3 Å². The number of anilines is 2. The summed E-state index contributed by atoms with van der Waals surface area (Å²) in [6.07, 6.45) is 4.20. The molecule has 0 atom stereocenters. The van der Waals surface area contributed by atoms with Crippen LogP contribution in [0.2, 0.25) is 5.02 Å². The van der Waals surface area contributed by atoms with Gasteiger partial charge >= 0.3 is 0 Å². The van der Waals surface area contributed by atoms with E-state index in [0.29, 0.717) is 33.5 Å². The summed E-state index contributed by atoms with van der Waals surface area (Å²) in [5, 5.41) is 3.65. The molecule has 0 spiro atoms. The number of aromatic nitrogens is 2. The molecule has 1 aromatic carbocycles. The number of Topliss-reactive ketones (excluding diaryl/α,β-unsaturated/α-hetero) is 1. The molecule has 24 heavy (non-hydrogen) atoms. The molecule has 8 heteroatoms. The van der Waals surface area contributed by atoms with E-state index in [4.69, 9.17) is 17.3 Å². The predicted molar refractivity (Wildman–Crippen MR) is 92.9 cm³/mol. The van der Waals surface area contributed by atoms with E-state index >= 15 is 0 Å². The SMILES string of the molecule is Nc1ncc(Sc2ccc(Cl)cc2F)c(NC2CCC(=O)CC2)n1. The Hall–Kier alpha value is -1.86. The van der Waals surface area contributed by atoms with Crippen molar-refractivity contribution in [1.82, 2.24) is 9.97 Å². The smallest absolute Gasteiger partial charge is 0.221 e. The van der Waals surface area contributed by atoms with Crippen LogP contribution in [0.3, 0.4) is 0 Å². The minimum absolute atomic E-state index is 0.144. The fraction of sp³-hybridized carbons (Fsp3) is 0.312. The van der Waals surface area contributed by atoms with Gasteiger partial charge in [0.05, 0.1) is 4.90 Å². The largest absolute Gasteiger partial charge is 0.368 e. The summed E-state index contributed by atoms with van der Waals surface area (Å²) < 4.78 is 14.0. The molecule has 0 bridgehead atoms. The van der Waals surface area contributed by atoms with E-state index in [1.807, 2.05) is 0 Å². The second-order valence-electron chi connectivity index (χ2n) is 5.58. The van der Waals surface area contributed by atoms with Crippen LogP contribution in [0.25, 0.3) is 0 Å². The van der Waals surface area contributed by atoms with Gasteiger partial charge < -0.3 is 11.1 Å². The minimum Gasteiger partial charge on any atom is -0.368 e. The summed E-state index contributed by atoms with van der Waals surface area (Å²) in [6.45, 7) is 0. The molecular weight excluding hydrogens is 351 g/mol. The summed E-state index contributed by atoms with van der Waals surface area (Å²) in [5.74, 6) is 0.582. The van der Waals surface area contributed by atoms with Gasteiger partial charge in [0, 0.05) is 35.0 Å². The molecule has 0 radical (unpaired) electrons. The lowest BCUT2D eigenvalue weighted by molar-refractivity contribution is -0.120. The van der Waals surface area contributed by atoms with E-state index in [-0.39, 0.29) is 17.8 Å². The molecule has 3 N–H and O–H groups in total. The van der Waals surface area contributed by atoms with E-state index in [0.717, 1.165) is 12.8 Å². The van der Waals surface area contributed by atoms with Crippen molar-refractivity contribution in [3.8, 4) is 0 Å². The topological polar surface area (TPSA) is 80.9 Å². The Bertz CT molecular complexity index is 764. The van der Waals surface area contributed by atoms with Crippen molar-refractivity contribution >= 4 is 40.9 Å². The standard InChI is InChI=1S/C16H16ClFN4OS/c17-9-1-6-13(12(18)7-9)24-14-8-20-16(19)22-15(14)21-10-2-4-11(23)5-3-10/h1,6-8,10H,2-5H2,(H3,19,20,21,22). The second kappa shape index (κ2) is 7.36. The minimum atomic E-state index is -0.404. The van der Waals surface area contributed by atoms with Gasteiger partial charge in [-0.3, -0.25) is 4.79 Å². The lowest BCUT2D eigenvalue weighted by Gasteiger charge is -2.23. The molecule has 1 heterocycles. The van der Waals surface area contributed by atoms with Crippen molar-refractivity contribution in [1.29, 1.82) is 0 Å². The number of nitrogens with one attached hydrogen (secondary N) is 1. The highest BCUT2D eigenvalue weighted by atomic mass is 35.5. The van der Waals surface area contributed by atoms with E-state index in [9.17, 15) is 9.18 Å². The summed E-state index contributed by atoms with van der Waals surface area (Å²) in [6, 6.07) is 4.65. The Morgan fingerprint density at radius 1 is 1.29 bits per heavy atom. The maximum absolute atomic E-state index is 14.0. The van der Waals surface area contributed by atoms with Gasteiger partial charge in [-0.25, -0.2) is 9.37 Å². The maximum atomic E-state index is 14.0. The van der Waals surface area contributed by atoms with Crippen molar-refractivity contribution in [3.63, 3.8) is 0 Å². The molecule has 0 aliphatic heterocycles. The summed E-state index contributed by atoms with van der Waals surface area (Å²) in [5.41, 5.74) is 5.68. The average molecular weight is 367 g/mol. The molecule has 126 valence electrons. The second-order valence-corrected chi connectivity index (χ2v) is 7.10. The van der Waals surface area contributed by atoms with Crippen LogP contribution in [0.15, 0.2) is 34.2 Å². The number of nitrogen functional groups attached to an aromatic ring is 1. The van der Waals surface area contributed by atoms with Crippen molar-refractivity contribution in [2.45, 2.75) is 41.5 Å². The number of hydrogen-bond donors (Lipinski definition) is 2. The molecule has 0 unspecified atom stereocenters. The molecule has 1 saturated carbocycles. The van der Waals surface area contributed by atoms with Crippen LogP contribution in [0.5, 0.6) is 0 Å². The predicted octanol–water partition coefficient (Wildman–Crippen LogP) is 3.93. The lowest BCUT2D eigenvalue weighted by Crippen LogP contribution is -2.27. The van der Waals surface area contributed by atoms with Crippen LogP contribution >= 0.6 is 23.4 Å². The Balaban J connectivity index is 1.81. The van der Waals surface area contributed by atoms with Crippen molar-refractivity contribution < 1.29 is 9.18 Å². The third kappa shape index (κ3) is 4.15. The van der Waals surface area contributed by atoms with Crippen LogP contribution < -0.4 is 11.1 Å². The maximum Gasteiger partial charge on any atom is 0.221 e. The summed E-state index contributed by atoms with van der Waals surface area (Å²) in [7, 11) is 0. The van der Waals surface area contributed by atoms with Gasteiger partial charge in [-0.2, -0.15) is 4.98 Å². The normalized spacial score (nSPS) is 15.5. The first kappa shape index (κ1) is 17.0. The molecule has 5 nitrogen and oxygen atoms in total. The molecule has 0 amide bonds. The summed E-state index contributed by atoms with van der Waals surface area (Å²) in [4.78, 5) is 20.7. The van der Waals surface area contributed by atoms with Crippen molar-refractivity contribution in [3.05, 3.63) is 35.2 Å².